The number of imide groups is 1. The molecule has 4 rings (SSSR count). The van der Waals surface area contributed by atoms with Crippen LogP contribution in [-0.4, -0.2) is 34.2 Å². The van der Waals surface area contributed by atoms with E-state index in [1.165, 1.54) is 15.8 Å². The molecule has 2 N–H and O–H groups in total. The van der Waals surface area contributed by atoms with Crippen LogP contribution in [0.25, 0.3) is 10.9 Å². The quantitative estimate of drug-likeness (QED) is 0.762. The first-order valence-corrected chi connectivity index (χ1v) is 10.6. The molecule has 2 aliphatic rings. The van der Waals surface area contributed by atoms with Gasteiger partial charge in [-0.2, -0.15) is 0 Å². The van der Waals surface area contributed by atoms with Gasteiger partial charge in [-0.05, 0) is 50.8 Å². The summed E-state index contributed by atoms with van der Waals surface area (Å²) >= 11 is 0. The number of nitrogens with zero attached hydrogens (tertiary/aromatic N) is 1. The van der Waals surface area contributed by atoms with Crippen molar-refractivity contribution in [2.24, 2.45) is 11.8 Å². The fourth-order valence-corrected chi connectivity index (χ4v) is 4.87. The topological polar surface area (TPSA) is 82.3 Å². The van der Waals surface area contributed by atoms with Gasteiger partial charge in [0.25, 0.3) is 0 Å². The molecule has 2 heterocycles. The highest BCUT2D eigenvalue weighted by Gasteiger charge is 2.47. The van der Waals surface area contributed by atoms with E-state index in [-0.39, 0.29) is 42.5 Å². The number of nitrogens with one attached hydrogen (secondary N) is 2. The van der Waals surface area contributed by atoms with Gasteiger partial charge >= 0.3 is 0 Å². The highest BCUT2D eigenvalue weighted by molar-refractivity contribution is 6.05. The van der Waals surface area contributed by atoms with Crippen LogP contribution < -0.4 is 5.32 Å². The van der Waals surface area contributed by atoms with Crippen molar-refractivity contribution in [3.05, 3.63) is 34.5 Å². The van der Waals surface area contributed by atoms with Crippen molar-refractivity contribution in [2.45, 2.75) is 59.4 Å². The molecule has 0 radical (unpaired) electrons. The van der Waals surface area contributed by atoms with Crippen molar-refractivity contribution in [2.75, 3.05) is 6.54 Å². The number of aryl methyl sites for hydroxylation is 3. The van der Waals surface area contributed by atoms with Crippen molar-refractivity contribution in [1.82, 2.24) is 15.2 Å². The van der Waals surface area contributed by atoms with E-state index in [0.29, 0.717) is 6.54 Å². The van der Waals surface area contributed by atoms with Gasteiger partial charge in [-0.3, -0.25) is 19.3 Å². The van der Waals surface area contributed by atoms with E-state index < -0.39 is 0 Å². The maximum Gasteiger partial charge on any atom is 0.233 e. The number of hydrogen-bond donors (Lipinski definition) is 2. The summed E-state index contributed by atoms with van der Waals surface area (Å²) in [6, 6.07) is 4.24. The fourth-order valence-electron chi connectivity index (χ4n) is 4.87. The van der Waals surface area contributed by atoms with Gasteiger partial charge < -0.3 is 10.3 Å². The Bertz CT molecular complexity index is 967. The second-order valence-electron chi connectivity index (χ2n) is 8.57. The number of benzene rings is 1. The zero-order valence-corrected chi connectivity index (χ0v) is 17.4. The molecule has 6 heteroatoms. The summed E-state index contributed by atoms with van der Waals surface area (Å²) < 4.78 is 0. The molecule has 0 bridgehead atoms. The van der Waals surface area contributed by atoms with Gasteiger partial charge in [-0.1, -0.05) is 24.5 Å². The van der Waals surface area contributed by atoms with Gasteiger partial charge in [0.05, 0.1) is 17.4 Å². The second-order valence-corrected chi connectivity index (χ2v) is 8.57. The lowest BCUT2D eigenvalue weighted by molar-refractivity contribution is -0.140. The molecule has 1 aliphatic heterocycles. The third-order valence-corrected chi connectivity index (χ3v) is 6.61. The van der Waals surface area contributed by atoms with Crippen LogP contribution in [0.2, 0.25) is 0 Å². The summed E-state index contributed by atoms with van der Waals surface area (Å²) in [7, 11) is 0. The molecule has 0 unspecified atom stereocenters. The average molecular weight is 396 g/mol. The number of H-pyrrole nitrogens is 1. The third-order valence-electron chi connectivity index (χ3n) is 6.61. The van der Waals surface area contributed by atoms with Crippen LogP contribution in [0.1, 0.15) is 54.5 Å². The predicted molar refractivity (Wildman–Crippen MR) is 111 cm³/mol. The van der Waals surface area contributed by atoms with Crippen molar-refractivity contribution in [3.63, 3.8) is 0 Å². The summed E-state index contributed by atoms with van der Waals surface area (Å²) in [5.41, 5.74) is 5.61. The molecule has 0 spiro atoms. The minimum Gasteiger partial charge on any atom is -0.358 e. The molecule has 2 atom stereocenters. The monoisotopic (exact) mass is 395 g/mol. The number of rotatable bonds is 5. The molecule has 1 aliphatic carbocycles. The number of carbonyl (C=O) groups excluding carboxylic acids is 3. The fraction of sp³-hybridized carbons (Fsp3) is 0.522. The molecular weight excluding hydrogens is 366 g/mol. The van der Waals surface area contributed by atoms with Crippen molar-refractivity contribution in [1.29, 1.82) is 0 Å². The van der Waals surface area contributed by atoms with E-state index in [4.69, 9.17) is 0 Å². The lowest BCUT2D eigenvalue weighted by Gasteiger charge is -2.19. The van der Waals surface area contributed by atoms with Crippen molar-refractivity contribution in [3.8, 4) is 0 Å². The van der Waals surface area contributed by atoms with Crippen molar-refractivity contribution < 1.29 is 14.4 Å². The van der Waals surface area contributed by atoms with E-state index >= 15 is 0 Å². The van der Waals surface area contributed by atoms with Crippen LogP contribution in [0.15, 0.2) is 12.1 Å². The first-order valence-electron chi connectivity index (χ1n) is 10.6. The van der Waals surface area contributed by atoms with E-state index in [1.54, 1.807) is 0 Å². The normalized spacial score (nSPS) is 21.7. The molecule has 1 aromatic carbocycles. The van der Waals surface area contributed by atoms with Gasteiger partial charge in [0, 0.05) is 30.6 Å². The standard InChI is InChI=1S/C23H29N3O3/c1-13-10-16(21-19(11-13)14(2)15(3)25-21)12-24-20(27)8-9-26-22(28)17-6-4-5-7-18(17)23(26)29/h10-11,17-18,25H,4-9,12H2,1-3H3,(H,24,27)/t17-,18-/m1/s1. The highest BCUT2D eigenvalue weighted by Crippen LogP contribution is 2.38. The first-order chi connectivity index (χ1) is 13.9. The van der Waals surface area contributed by atoms with Gasteiger partial charge in [-0.15, -0.1) is 0 Å². The van der Waals surface area contributed by atoms with E-state index in [0.717, 1.165) is 48.0 Å². The molecule has 154 valence electrons. The molecule has 1 saturated heterocycles. The smallest absolute Gasteiger partial charge is 0.233 e. The van der Waals surface area contributed by atoms with Crippen LogP contribution in [0.5, 0.6) is 0 Å². The van der Waals surface area contributed by atoms with Crippen molar-refractivity contribution >= 4 is 28.6 Å². The Balaban J connectivity index is 1.38. The molecule has 2 aromatic rings. The molecule has 2 fully saturated rings. The SMILES string of the molecule is Cc1cc(CNC(=O)CCN2C(=O)[C@@H]3CCCC[C@H]3C2=O)c2[nH]c(C)c(C)c2c1. The largest absolute Gasteiger partial charge is 0.358 e. The maximum atomic E-state index is 12.5. The number of fused-ring (bicyclic) bond motifs is 2. The zero-order valence-electron chi connectivity index (χ0n) is 17.4. The predicted octanol–water partition coefficient (Wildman–Crippen LogP) is 3.27. The molecule has 1 aromatic heterocycles. The van der Waals surface area contributed by atoms with Crippen LogP contribution in [-0.2, 0) is 20.9 Å². The van der Waals surface area contributed by atoms with Gasteiger partial charge in [0.2, 0.25) is 17.7 Å². The van der Waals surface area contributed by atoms with Crippen LogP contribution >= 0.6 is 0 Å². The minimum absolute atomic E-state index is 0.0785. The summed E-state index contributed by atoms with van der Waals surface area (Å²) in [5, 5.41) is 4.14. The third kappa shape index (κ3) is 3.56. The Morgan fingerprint density at radius 2 is 1.76 bits per heavy atom. The Morgan fingerprint density at radius 1 is 1.10 bits per heavy atom. The number of likely N-dealkylation sites (tertiary alicyclic amines) is 1. The Labute approximate surface area is 171 Å². The Morgan fingerprint density at radius 3 is 2.41 bits per heavy atom. The average Bonchev–Trinajstić information content (AvgIpc) is 3.12. The molecule has 29 heavy (non-hydrogen) atoms. The second kappa shape index (κ2) is 7.65. The van der Waals surface area contributed by atoms with Gasteiger partial charge in [0.15, 0.2) is 0 Å². The van der Waals surface area contributed by atoms with E-state index in [9.17, 15) is 14.4 Å². The van der Waals surface area contributed by atoms with E-state index in [2.05, 4.69) is 43.2 Å². The van der Waals surface area contributed by atoms with Gasteiger partial charge in [0.1, 0.15) is 0 Å². The minimum atomic E-state index is -0.153. The maximum absolute atomic E-state index is 12.5. The van der Waals surface area contributed by atoms with E-state index in [1.807, 2.05) is 0 Å². The summed E-state index contributed by atoms with van der Waals surface area (Å²) in [4.78, 5) is 42.2. The lowest BCUT2D eigenvalue weighted by atomic mass is 9.81. The number of hydrogen-bond acceptors (Lipinski definition) is 3. The highest BCUT2D eigenvalue weighted by atomic mass is 16.2. The number of amides is 3. The zero-order chi connectivity index (χ0) is 20.7. The lowest BCUT2D eigenvalue weighted by Crippen LogP contribution is -2.35. The first kappa shape index (κ1) is 19.7. The summed E-state index contributed by atoms with van der Waals surface area (Å²) in [6.07, 6.45) is 3.77. The van der Waals surface area contributed by atoms with Gasteiger partial charge in [-0.25, -0.2) is 0 Å². The Hall–Kier alpha value is -2.63. The number of carbonyl (C=O) groups is 3. The molecular formula is C23H29N3O3. The van der Waals surface area contributed by atoms with Crippen LogP contribution in [0.4, 0.5) is 0 Å². The Kier molecular flexibility index (Phi) is 5.19. The number of aromatic amines is 1. The number of aromatic nitrogens is 1. The van der Waals surface area contributed by atoms with Crippen LogP contribution in [0.3, 0.4) is 0 Å². The van der Waals surface area contributed by atoms with Crippen LogP contribution in [0, 0.1) is 32.6 Å². The summed E-state index contributed by atoms with van der Waals surface area (Å²) in [6.45, 7) is 6.80. The molecule has 1 saturated carbocycles. The molecule has 6 nitrogen and oxygen atoms in total. The summed E-state index contributed by atoms with van der Waals surface area (Å²) in [5.74, 6) is -0.607. The molecule has 3 amide bonds.